The highest BCUT2D eigenvalue weighted by Gasteiger charge is 2.05. The second kappa shape index (κ2) is 8.19. The maximum absolute atomic E-state index is 11.9. The van der Waals surface area contributed by atoms with E-state index in [-0.39, 0.29) is 5.76 Å². The number of hydrogen-bond acceptors (Lipinski definition) is 4. The van der Waals surface area contributed by atoms with Gasteiger partial charge in [0, 0.05) is 6.08 Å². The molecule has 0 aromatic heterocycles. The van der Waals surface area contributed by atoms with Gasteiger partial charge in [0.2, 0.25) is 0 Å². The Labute approximate surface area is 133 Å². The number of carboxylic acids is 1. The average Bonchev–Trinajstić information content (AvgIpc) is 2.54. The van der Waals surface area contributed by atoms with Crippen LogP contribution in [0, 0.1) is 0 Å². The first kappa shape index (κ1) is 16.0. The first-order valence-electron chi connectivity index (χ1n) is 6.76. The van der Waals surface area contributed by atoms with Crippen LogP contribution in [0.15, 0.2) is 84.7 Å². The summed E-state index contributed by atoms with van der Waals surface area (Å²) >= 11 is 0. The number of para-hydroxylation sites is 2. The maximum atomic E-state index is 11.9. The van der Waals surface area contributed by atoms with E-state index < -0.39 is 11.9 Å². The molecule has 23 heavy (non-hydrogen) atoms. The van der Waals surface area contributed by atoms with Crippen LogP contribution in [-0.4, -0.2) is 17.0 Å². The highest BCUT2D eigenvalue weighted by molar-refractivity contribution is 5.86. The fraction of sp³-hybridized carbons (Fsp3) is 0. The van der Waals surface area contributed by atoms with Gasteiger partial charge in [0.05, 0.1) is 6.08 Å². The third-order valence-corrected chi connectivity index (χ3v) is 2.59. The Kier molecular flexibility index (Phi) is 5.71. The molecule has 1 N–H and O–H groups in total. The Hall–Kier alpha value is -3.34. The molecule has 5 heteroatoms. The van der Waals surface area contributed by atoms with Crippen molar-refractivity contribution in [3.63, 3.8) is 0 Å². The molecule has 0 radical (unpaired) electrons. The van der Waals surface area contributed by atoms with Gasteiger partial charge in [-0.15, -0.1) is 0 Å². The average molecular weight is 310 g/mol. The molecule has 0 bridgehead atoms. The van der Waals surface area contributed by atoms with Crippen LogP contribution in [0.3, 0.4) is 0 Å². The van der Waals surface area contributed by atoms with Crippen LogP contribution < -0.4 is 9.47 Å². The molecule has 0 aliphatic carbocycles. The predicted octanol–water partition coefficient (Wildman–Crippen LogP) is 3.20. The third-order valence-electron chi connectivity index (χ3n) is 2.59. The van der Waals surface area contributed by atoms with E-state index in [9.17, 15) is 9.59 Å². The zero-order valence-electron chi connectivity index (χ0n) is 12.1. The minimum atomic E-state index is -1.15. The number of ether oxygens (including phenoxy) is 2. The molecule has 0 atom stereocenters. The number of aliphatic carboxylic acids is 1. The lowest BCUT2D eigenvalue weighted by Gasteiger charge is -2.06. The molecular formula is C18H14O5. The second-order valence-corrected chi connectivity index (χ2v) is 4.37. The Morgan fingerprint density at radius 1 is 0.783 bits per heavy atom. The van der Waals surface area contributed by atoms with Gasteiger partial charge in [-0.05, 0) is 30.3 Å². The summed E-state index contributed by atoms with van der Waals surface area (Å²) in [7, 11) is 0. The van der Waals surface area contributed by atoms with Crippen molar-refractivity contribution in [2.75, 3.05) is 0 Å². The van der Waals surface area contributed by atoms with E-state index in [4.69, 9.17) is 14.6 Å². The van der Waals surface area contributed by atoms with Crippen molar-refractivity contribution < 1.29 is 24.2 Å². The number of benzene rings is 2. The molecule has 0 aliphatic rings. The molecule has 2 rings (SSSR count). The standard InChI is InChI=1S/C18H14O5/c19-17(20)12-11-16(22-14-7-3-1-4-8-14)13-18(21)23-15-9-5-2-6-10-15/h1-13H,(H,19,20)/b12-11+,16-13-. The topological polar surface area (TPSA) is 72.8 Å². The highest BCUT2D eigenvalue weighted by atomic mass is 16.5. The van der Waals surface area contributed by atoms with Crippen LogP contribution in [-0.2, 0) is 9.59 Å². The van der Waals surface area contributed by atoms with Crippen LogP contribution in [0.2, 0.25) is 0 Å². The van der Waals surface area contributed by atoms with Gasteiger partial charge in [-0.2, -0.15) is 0 Å². The summed E-state index contributed by atoms with van der Waals surface area (Å²) in [4.78, 5) is 22.5. The van der Waals surface area contributed by atoms with Crippen molar-refractivity contribution in [1.29, 1.82) is 0 Å². The fourth-order valence-electron chi connectivity index (χ4n) is 1.64. The van der Waals surface area contributed by atoms with Crippen molar-refractivity contribution in [1.82, 2.24) is 0 Å². The van der Waals surface area contributed by atoms with Gasteiger partial charge < -0.3 is 14.6 Å². The largest absolute Gasteiger partial charge is 0.478 e. The summed E-state index contributed by atoms with van der Waals surface area (Å²) in [5.74, 6) is -0.906. The van der Waals surface area contributed by atoms with Crippen LogP contribution >= 0.6 is 0 Å². The third kappa shape index (κ3) is 5.89. The zero-order chi connectivity index (χ0) is 16.5. The monoisotopic (exact) mass is 310 g/mol. The summed E-state index contributed by atoms with van der Waals surface area (Å²) in [6.45, 7) is 0. The number of hydrogen-bond donors (Lipinski definition) is 1. The van der Waals surface area contributed by atoms with E-state index in [1.807, 2.05) is 6.07 Å². The van der Waals surface area contributed by atoms with E-state index in [1.54, 1.807) is 54.6 Å². The van der Waals surface area contributed by atoms with Crippen molar-refractivity contribution in [2.24, 2.45) is 0 Å². The lowest BCUT2D eigenvalue weighted by molar-refractivity contribution is -0.131. The fourth-order valence-corrected chi connectivity index (χ4v) is 1.64. The van der Waals surface area contributed by atoms with E-state index in [0.717, 1.165) is 12.2 Å². The van der Waals surface area contributed by atoms with E-state index in [0.29, 0.717) is 11.5 Å². The van der Waals surface area contributed by atoms with Crippen molar-refractivity contribution in [2.45, 2.75) is 0 Å². The smallest absolute Gasteiger partial charge is 0.339 e. The van der Waals surface area contributed by atoms with Crippen molar-refractivity contribution in [3.8, 4) is 11.5 Å². The normalized spacial score (nSPS) is 11.2. The molecule has 0 spiro atoms. The van der Waals surface area contributed by atoms with E-state index >= 15 is 0 Å². The molecule has 0 aliphatic heterocycles. The minimum Gasteiger partial charge on any atom is -0.478 e. The number of allylic oxidation sites excluding steroid dienone is 1. The number of rotatable bonds is 6. The first-order valence-corrected chi connectivity index (χ1v) is 6.76. The number of esters is 1. The molecule has 116 valence electrons. The van der Waals surface area contributed by atoms with E-state index in [2.05, 4.69) is 0 Å². The lowest BCUT2D eigenvalue weighted by Crippen LogP contribution is -2.07. The molecule has 0 heterocycles. The van der Waals surface area contributed by atoms with E-state index in [1.165, 1.54) is 6.08 Å². The van der Waals surface area contributed by atoms with Crippen LogP contribution in [0.1, 0.15) is 0 Å². The van der Waals surface area contributed by atoms with Gasteiger partial charge in [-0.25, -0.2) is 9.59 Å². The van der Waals surface area contributed by atoms with Gasteiger partial charge in [0.1, 0.15) is 17.3 Å². The molecule has 0 fully saturated rings. The molecule has 2 aromatic rings. The quantitative estimate of drug-likeness (QED) is 0.292. The first-order chi connectivity index (χ1) is 11.1. The molecule has 0 amide bonds. The van der Waals surface area contributed by atoms with Crippen molar-refractivity contribution >= 4 is 11.9 Å². The minimum absolute atomic E-state index is 0.0551. The molecule has 2 aromatic carbocycles. The maximum Gasteiger partial charge on any atom is 0.339 e. The summed E-state index contributed by atoms with van der Waals surface area (Å²) in [5.41, 5.74) is 0. The Balaban J connectivity index is 2.14. The number of carbonyl (C=O) groups is 2. The van der Waals surface area contributed by atoms with Gasteiger partial charge in [0.25, 0.3) is 0 Å². The summed E-state index contributed by atoms with van der Waals surface area (Å²) in [5, 5.41) is 8.71. The Bertz CT molecular complexity index is 718. The van der Waals surface area contributed by atoms with Gasteiger partial charge in [-0.1, -0.05) is 36.4 Å². The molecular weight excluding hydrogens is 296 g/mol. The summed E-state index contributed by atoms with van der Waals surface area (Å²) < 4.78 is 10.6. The van der Waals surface area contributed by atoms with Crippen LogP contribution in [0.5, 0.6) is 11.5 Å². The van der Waals surface area contributed by atoms with Gasteiger partial charge in [-0.3, -0.25) is 0 Å². The SMILES string of the molecule is O=C(O)/C=C/C(=C/C(=O)Oc1ccccc1)Oc1ccccc1. The Morgan fingerprint density at radius 3 is 1.83 bits per heavy atom. The van der Waals surface area contributed by atoms with Crippen LogP contribution in [0.4, 0.5) is 0 Å². The number of carboxylic acid groups (broad SMARTS) is 1. The molecule has 5 nitrogen and oxygen atoms in total. The molecule has 0 saturated heterocycles. The molecule has 0 saturated carbocycles. The molecule has 0 unspecified atom stereocenters. The van der Waals surface area contributed by atoms with Crippen LogP contribution in [0.25, 0.3) is 0 Å². The summed E-state index contributed by atoms with van der Waals surface area (Å²) in [6.07, 6.45) is 3.14. The second-order valence-electron chi connectivity index (χ2n) is 4.37. The van der Waals surface area contributed by atoms with Gasteiger partial charge >= 0.3 is 11.9 Å². The number of carbonyl (C=O) groups excluding carboxylic acids is 1. The van der Waals surface area contributed by atoms with Crippen molar-refractivity contribution in [3.05, 3.63) is 84.7 Å². The van der Waals surface area contributed by atoms with Gasteiger partial charge in [0.15, 0.2) is 0 Å². The lowest BCUT2D eigenvalue weighted by atomic mass is 10.3. The predicted molar refractivity (Wildman–Crippen MR) is 84.0 cm³/mol. The summed E-state index contributed by atoms with van der Waals surface area (Å²) in [6, 6.07) is 17.2. The highest BCUT2D eigenvalue weighted by Crippen LogP contribution is 2.14. The Morgan fingerprint density at radius 2 is 1.30 bits per heavy atom. The zero-order valence-corrected chi connectivity index (χ0v) is 12.1.